The first-order chi connectivity index (χ1) is 18.4. The number of carbonyl (C=O) groups excluding carboxylic acids is 2. The number of allylic oxidation sites excluding steroid dienone is 1. The topological polar surface area (TPSA) is 50.3 Å². The molecule has 0 saturated heterocycles. The number of benzene rings is 4. The second-order valence-electron chi connectivity index (χ2n) is 10.4. The van der Waals surface area contributed by atoms with Crippen molar-refractivity contribution < 1.29 is 9.59 Å². The summed E-state index contributed by atoms with van der Waals surface area (Å²) in [6.45, 7) is 0. The van der Waals surface area contributed by atoms with Crippen LogP contribution in [-0.2, 0) is 0 Å². The molecule has 0 N–H and O–H groups in total. The van der Waals surface area contributed by atoms with Gasteiger partial charge < -0.3 is 0 Å². The zero-order valence-electron chi connectivity index (χ0n) is 21.1. The van der Waals surface area contributed by atoms with Gasteiger partial charge in [0.15, 0.2) is 0 Å². The quantitative estimate of drug-likeness (QED) is 0.146. The summed E-state index contributed by atoms with van der Waals surface area (Å²) in [6.07, 6.45) is 3.41. The van der Waals surface area contributed by atoms with Crippen LogP contribution >= 0.6 is 0 Å². The maximum atomic E-state index is 13.2. The van der Waals surface area contributed by atoms with Crippen molar-refractivity contribution in [3.05, 3.63) is 126 Å². The van der Waals surface area contributed by atoms with E-state index in [0.717, 1.165) is 22.2 Å². The first-order valence-corrected chi connectivity index (χ1v) is 19.0. The third kappa shape index (κ3) is 3.33. The van der Waals surface area contributed by atoms with Crippen molar-refractivity contribution >= 4 is 67.7 Å². The Morgan fingerprint density at radius 3 is 1.74 bits per heavy atom. The molecule has 0 spiro atoms. The molecule has 1 aromatic heterocycles. The van der Waals surface area contributed by atoms with Gasteiger partial charge in [0.1, 0.15) is 0 Å². The summed E-state index contributed by atoms with van der Waals surface area (Å²) < 4.78 is 2.85. The number of hydrogen-bond donors (Lipinski definition) is 0. The molecule has 4 aromatic carbocycles. The predicted octanol–water partition coefficient (Wildman–Crippen LogP) is 6.30. The zero-order valence-corrected chi connectivity index (χ0v) is 23.2. The van der Waals surface area contributed by atoms with Crippen LogP contribution in [0.5, 0.6) is 0 Å². The van der Waals surface area contributed by atoms with Gasteiger partial charge in [0.25, 0.3) is 0 Å². The van der Waals surface area contributed by atoms with Gasteiger partial charge in [-0.15, -0.1) is 0 Å². The van der Waals surface area contributed by atoms with Crippen LogP contribution < -0.4 is 13.7 Å². The summed E-state index contributed by atoms with van der Waals surface area (Å²) in [4.78, 5) is 33.4. The van der Waals surface area contributed by atoms with Crippen molar-refractivity contribution in [3.63, 3.8) is 0 Å². The molecular formula is C33H24GeN2O2. The van der Waals surface area contributed by atoms with Crippen molar-refractivity contribution in [1.82, 2.24) is 4.98 Å². The Labute approximate surface area is 223 Å². The Morgan fingerprint density at radius 1 is 0.684 bits per heavy atom. The third-order valence-corrected chi connectivity index (χ3v) is 15.2. The van der Waals surface area contributed by atoms with Gasteiger partial charge in [-0.25, -0.2) is 0 Å². The summed E-state index contributed by atoms with van der Waals surface area (Å²) in [7, 11) is 0. The minimum atomic E-state index is -2.46. The predicted molar refractivity (Wildman–Crippen MR) is 156 cm³/mol. The fourth-order valence-corrected chi connectivity index (χ4v) is 12.1. The van der Waals surface area contributed by atoms with E-state index in [1.165, 1.54) is 20.2 Å². The average Bonchev–Trinajstić information content (AvgIpc) is 3.17. The second-order valence-corrected chi connectivity index (χ2v) is 19.5. The molecule has 1 aliphatic heterocycles. The van der Waals surface area contributed by atoms with E-state index in [9.17, 15) is 9.59 Å². The molecule has 2 heterocycles. The van der Waals surface area contributed by atoms with E-state index < -0.39 is 13.3 Å². The van der Waals surface area contributed by atoms with E-state index in [1.54, 1.807) is 12.3 Å². The van der Waals surface area contributed by atoms with Gasteiger partial charge in [0, 0.05) is 0 Å². The van der Waals surface area contributed by atoms with Crippen LogP contribution in [0.2, 0.25) is 11.5 Å². The number of Topliss-reactive ketones (excluding diaryl/α,β-unsaturated/α-hetero) is 2. The van der Waals surface area contributed by atoms with Gasteiger partial charge in [-0.2, -0.15) is 0 Å². The summed E-state index contributed by atoms with van der Waals surface area (Å²) >= 11 is -2.46. The molecule has 182 valence electrons. The molecule has 4 nitrogen and oxygen atoms in total. The summed E-state index contributed by atoms with van der Waals surface area (Å²) in [6, 6.07) is 32.6. The number of ketones is 2. The number of anilines is 3. The van der Waals surface area contributed by atoms with E-state index >= 15 is 0 Å². The third-order valence-electron chi connectivity index (χ3n) is 7.81. The maximum absolute atomic E-state index is 13.2. The van der Waals surface area contributed by atoms with Crippen LogP contribution in [0.1, 0.15) is 26.3 Å². The van der Waals surface area contributed by atoms with Gasteiger partial charge in [0.05, 0.1) is 0 Å². The normalized spacial score (nSPS) is 15.3. The first kappa shape index (κ1) is 22.9. The number of aromatic nitrogens is 1. The SMILES string of the molecule is [CH3][Ge]1([CH3])[c]2ccccc2N(c2ccc(C=C3C(=O)c4cc5ccccc5cc4C3=O)cn2)c2cccc[c]21. The van der Waals surface area contributed by atoms with Crippen molar-refractivity contribution in [2.45, 2.75) is 11.5 Å². The Hall–Kier alpha value is -4.29. The Bertz CT molecular complexity index is 1730. The number of para-hydroxylation sites is 2. The Kier molecular flexibility index (Phi) is 5.04. The fraction of sp³-hybridized carbons (Fsp3) is 0.0606. The fourth-order valence-electron chi connectivity index (χ4n) is 5.84. The number of hydrogen-bond acceptors (Lipinski definition) is 4. The van der Waals surface area contributed by atoms with Crippen molar-refractivity contribution in [3.8, 4) is 0 Å². The molecule has 1 aliphatic carbocycles. The zero-order chi connectivity index (χ0) is 26.0. The number of nitrogens with zero attached hydrogens (tertiary/aromatic N) is 2. The number of carbonyl (C=O) groups is 2. The van der Waals surface area contributed by atoms with Crippen LogP contribution in [-0.4, -0.2) is 29.8 Å². The summed E-state index contributed by atoms with van der Waals surface area (Å²) in [5, 5.41) is 1.91. The number of fused-ring (bicyclic) bond motifs is 4. The van der Waals surface area contributed by atoms with Crippen LogP contribution in [0.15, 0.2) is 109 Å². The molecule has 0 bridgehead atoms. The molecule has 7 rings (SSSR count). The Morgan fingerprint density at radius 2 is 1.21 bits per heavy atom. The minimum absolute atomic E-state index is 0.188. The van der Waals surface area contributed by atoms with Crippen LogP contribution in [0, 0.1) is 0 Å². The van der Waals surface area contributed by atoms with Gasteiger partial charge in [-0.05, 0) is 10.8 Å². The summed E-state index contributed by atoms with van der Waals surface area (Å²) in [5.74, 6) is 5.23. The second kappa shape index (κ2) is 8.37. The molecule has 38 heavy (non-hydrogen) atoms. The number of pyridine rings is 1. The van der Waals surface area contributed by atoms with Gasteiger partial charge in [-0.1, -0.05) is 24.3 Å². The average molecular weight is 553 g/mol. The standard InChI is InChI=1S/C33H24GeN2O2/c1-34(2)27-11-5-7-13-29(27)36(30-14-8-6-12-28(30)34)31-16-15-21(20-35-31)17-26-32(37)24-18-22-9-3-4-10-23(22)19-25(24)33(26)38/h3-20H,1-2H3. The molecule has 0 saturated carbocycles. The molecule has 0 fully saturated rings. The van der Waals surface area contributed by atoms with Crippen LogP contribution in [0.3, 0.4) is 0 Å². The van der Waals surface area contributed by atoms with Crippen molar-refractivity contribution in [2.24, 2.45) is 0 Å². The van der Waals surface area contributed by atoms with E-state index in [1.807, 2.05) is 48.5 Å². The molecule has 0 amide bonds. The van der Waals surface area contributed by atoms with Crippen molar-refractivity contribution in [1.29, 1.82) is 0 Å². The Balaban J connectivity index is 1.28. The monoisotopic (exact) mass is 554 g/mol. The molecule has 0 unspecified atom stereocenters. The molecule has 0 atom stereocenters. The van der Waals surface area contributed by atoms with Gasteiger partial charge in [0.2, 0.25) is 0 Å². The number of rotatable bonds is 2. The molecular weight excluding hydrogens is 529 g/mol. The van der Waals surface area contributed by atoms with Gasteiger partial charge >= 0.3 is 189 Å². The van der Waals surface area contributed by atoms with E-state index in [-0.39, 0.29) is 17.1 Å². The van der Waals surface area contributed by atoms with E-state index in [2.05, 4.69) is 64.9 Å². The van der Waals surface area contributed by atoms with Crippen molar-refractivity contribution in [2.75, 3.05) is 4.90 Å². The van der Waals surface area contributed by atoms with E-state index in [4.69, 9.17) is 4.98 Å². The molecule has 0 radical (unpaired) electrons. The summed E-state index contributed by atoms with van der Waals surface area (Å²) in [5.41, 5.74) is 4.21. The van der Waals surface area contributed by atoms with Crippen LogP contribution in [0.4, 0.5) is 17.2 Å². The molecule has 5 heteroatoms. The van der Waals surface area contributed by atoms with Crippen LogP contribution in [0.25, 0.3) is 16.8 Å². The molecule has 5 aromatic rings. The van der Waals surface area contributed by atoms with Gasteiger partial charge in [-0.3, -0.25) is 0 Å². The molecule has 2 aliphatic rings. The first-order valence-electron chi connectivity index (χ1n) is 12.7. The van der Waals surface area contributed by atoms with E-state index in [0.29, 0.717) is 11.1 Å².